The normalized spacial score (nSPS) is 17.4. The van der Waals surface area contributed by atoms with Crippen molar-refractivity contribution >= 4 is 11.8 Å². The van der Waals surface area contributed by atoms with Crippen molar-refractivity contribution in [2.75, 3.05) is 0 Å². The maximum absolute atomic E-state index is 11.4. The second kappa shape index (κ2) is 7.77. The summed E-state index contributed by atoms with van der Waals surface area (Å²) in [5, 5.41) is 0. The van der Waals surface area contributed by atoms with Gasteiger partial charge in [0.15, 0.2) is 0 Å². The van der Waals surface area contributed by atoms with Crippen molar-refractivity contribution < 1.29 is 19.1 Å². The molecule has 0 spiro atoms. The fourth-order valence-corrected chi connectivity index (χ4v) is 2.74. The molecule has 4 heteroatoms. The van der Waals surface area contributed by atoms with Crippen molar-refractivity contribution in [3.63, 3.8) is 0 Å². The standard InChI is InChI=1S/C20H20O4/c21-17-12-19(24-20(22)13-17)11-8-15-6-9-18(10-7-15)23-14-16-4-2-1-3-5-16/h1-7,9-10,19H,8,11-14H2/t19-/m0/s1. The van der Waals surface area contributed by atoms with E-state index in [0.717, 1.165) is 23.3 Å². The number of Topliss-reactive ketones (excluding diaryl/α,β-unsaturated/α-hetero) is 1. The Bertz CT molecular complexity index is 675. The highest BCUT2D eigenvalue weighted by atomic mass is 16.5. The molecule has 3 rings (SSSR count). The van der Waals surface area contributed by atoms with Gasteiger partial charge in [-0.25, -0.2) is 0 Å². The van der Waals surface area contributed by atoms with E-state index in [-0.39, 0.29) is 18.3 Å². The summed E-state index contributed by atoms with van der Waals surface area (Å²) in [6.45, 7) is 0.542. The van der Waals surface area contributed by atoms with E-state index < -0.39 is 5.97 Å². The average molecular weight is 324 g/mol. The molecular formula is C20H20O4. The molecule has 2 aromatic carbocycles. The van der Waals surface area contributed by atoms with Crippen LogP contribution in [-0.4, -0.2) is 17.9 Å². The molecule has 0 unspecified atom stereocenters. The molecule has 0 N–H and O–H groups in total. The lowest BCUT2D eigenvalue weighted by Crippen LogP contribution is -2.29. The number of carbonyl (C=O) groups is 2. The van der Waals surface area contributed by atoms with Gasteiger partial charge in [-0.15, -0.1) is 0 Å². The van der Waals surface area contributed by atoms with Crippen molar-refractivity contribution in [3.05, 3.63) is 65.7 Å². The first kappa shape index (κ1) is 16.2. The average Bonchev–Trinajstić information content (AvgIpc) is 2.59. The highest BCUT2D eigenvalue weighted by Crippen LogP contribution is 2.19. The molecule has 1 aliphatic heterocycles. The van der Waals surface area contributed by atoms with E-state index >= 15 is 0 Å². The zero-order valence-electron chi connectivity index (χ0n) is 13.4. The molecule has 0 aromatic heterocycles. The van der Waals surface area contributed by atoms with Crippen molar-refractivity contribution in [1.29, 1.82) is 0 Å². The SMILES string of the molecule is O=C1CC(=O)O[C@@H](CCc2ccc(OCc3ccccc3)cc2)C1. The molecule has 1 aliphatic rings. The van der Waals surface area contributed by atoms with E-state index in [1.54, 1.807) is 0 Å². The highest BCUT2D eigenvalue weighted by molar-refractivity contribution is 5.97. The van der Waals surface area contributed by atoms with Crippen molar-refractivity contribution in [3.8, 4) is 5.75 Å². The molecule has 0 radical (unpaired) electrons. The van der Waals surface area contributed by atoms with Gasteiger partial charge in [-0.1, -0.05) is 42.5 Å². The maximum atomic E-state index is 11.4. The Labute approximate surface area is 141 Å². The van der Waals surface area contributed by atoms with Crippen molar-refractivity contribution in [2.45, 2.75) is 38.4 Å². The Morgan fingerprint density at radius 1 is 0.958 bits per heavy atom. The quantitative estimate of drug-likeness (QED) is 0.603. The Kier molecular flexibility index (Phi) is 5.26. The molecule has 0 aliphatic carbocycles. The van der Waals surface area contributed by atoms with E-state index in [1.165, 1.54) is 0 Å². The number of cyclic esters (lactones) is 1. The fourth-order valence-electron chi connectivity index (χ4n) is 2.74. The van der Waals surface area contributed by atoms with Gasteiger partial charge in [0.25, 0.3) is 0 Å². The van der Waals surface area contributed by atoms with Crippen LogP contribution in [0.25, 0.3) is 0 Å². The van der Waals surface area contributed by atoms with Gasteiger partial charge in [-0.3, -0.25) is 9.59 Å². The minimum Gasteiger partial charge on any atom is -0.489 e. The Balaban J connectivity index is 1.47. The molecule has 1 fully saturated rings. The lowest BCUT2D eigenvalue weighted by Gasteiger charge is -2.21. The third-order valence-electron chi connectivity index (χ3n) is 4.02. The summed E-state index contributed by atoms with van der Waals surface area (Å²) >= 11 is 0. The topological polar surface area (TPSA) is 52.6 Å². The van der Waals surface area contributed by atoms with Crippen LogP contribution in [0.4, 0.5) is 0 Å². The van der Waals surface area contributed by atoms with Crippen LogP contribution in [0.15, 0.2) is 54.6 Å². The van der Waals surface area contributed by atoms with Gasteiger partial charge in [0, 0.05) is 6.42 Å². The number of aryl methyl sites for hydroxylation is 1. The largest absolute Gasteiger partial charge is 0.489 e. The lowest BCUT2D eigenvalue weighted by atomic mass is 10.0. The molecule has 124 valence electrons. The molecule has 1 saturated heterocycles. The summed E-state index contributed by atoms with van der Waals surface area (Å²) in [5.74, 6) is 0.392. The summed E-state index contributed by atoms with van der Waals surface area (Å²) in [5.41, 5.74) is 2.27. The molecule has 24 heavy (non-hydrogen) atoms. The van der Waals surface area contributed by atoms with Crippen LogP contribution in [0, 0.1) is 0 Å². The van der Waals surface area contributed by atoms with Gasteiger partial charge in [0.05, 0.1) is 0 Å². The maximum Gasteiger partial charge on any atom is 0.313 e. The van der Waals surface area contributed by atoms with Crippen LogP contribution in [0.5, 0.6) is 5.75 Å². The first-order chi connectivity index (χ1) is 11.7. The van der Waals surface area contributed by atoms with Gasteiger partial charge in [0.1, 0.15) is 30.7 Å². The van der Waals surface area contributed by atoms with E-state index in [0.29, 0.717) is 19.4 Å². The number of hydrogen-bond acceptors (Lipinski definition) is 4. The van der Waals surface area contributed by atoms with Crippen LogP contribution in [-0.2, 0) is 27.4 Å². The first-order valence-electron chi connectivity index (χ1n) is 8.16. The molecule has 1 heterocycles. The third-order valence-corrected chi connectivity index (χ3v) is 4.02. The number of ketones is 1. The molecule has 2 aromatic rings. The Morgan fingerprint density at radius 2 is 1.71 bits per heavy atom. The zero-order chi connectivity index (χ0) is 16.8. The van der Waals surface area contributed by atoms with Crippen LogP contribution in [0.1, 0.15) is 30.4 Å². The molecular weight excluding hydrogens is 304 g/mol. The zero-order valence-corrected chi connectivity index (χ0v) is 13.4. The Hall–Kier alpha value is -2.62. The Morgan fingerprint density at radius 3 is 2.42 bits per heavy atom. The number of esters is 1. The van der Waals surface area contributed by atoms with Crippen LogP contribution >= 0.6 is 0 Å². The number of hydrogen-bond donors (Lipinski definition) is 0. The smallest absolute Gasteiger partial charge is 0.313 e. The first-order valence-corrected chi connectivity index (χ1v) is 8.16. The summed E-state index contributed by atoms with van der Waals surface area (Å²) in [6, 6.07) is 17.9. The second-order valence-electron chi connectivity index (χ2n) is 5.99. The number of benzene rings is 2. The number of ether oxygens (including phenoxy) is 2. The molecule has 0 bridgehead atoms. The van der Waals surface area contributed by atoms with Gasteiger partial charge < -0.3 is 9.47 Å². The van der Waals surface area contributed by atoms with Crippen molar-refractivity contribution in [2.24, 2.45) is 0 Å². The van der Waals surface area contributed by atoms with Crippen LogP contribution in [0.3, 0.4) is 0 Å². The van der Waals surface area contributed by atoms with E-state index in [2.05, 4.69) is 0 Å². The fraction of sp³-hybridized carbons (Fsp3) is 0.300. The summed E-state index contributed by atoms with van der Waals surface area (Å²) < 4.78 is 11.0. The highest BCUT2D eigenvalue weighted by Gasteiger charge is 2.26. The van der Waals surface area contributed by atoms with Gasteiger partial charge >= 0.3 is 5.97 Å². The van der Waals surface area contributed by atoms with Gasteiger partial charge in [-0.05, 0) is 36.1 Å². The predicted octanol–water partition coefficient (Wildman–Crippen LogP) is 3.47. The predicted molar refractivity (Wildman–Crippen MR) is 89.7 cm³/mol. The van der Waals surface area contributed by atoms with Gasteiger partial charge in [0.2, 0.25) is 0 Å². The van der Waals surface area contributed by atoms with E-state index in [4.69, 9.17) is 9.47 Å². The lowest BCUT2D eigenvalue weighted by molar-refractivity contribution is -0.157. The van der Waals surface area contributed by atoms with E-state index in [1.807, 2.05) is 54.6 Å². The van der Waals surface area contributed by atoms with Crippen LogP contribution < -0.4 is 4.74 Å². The molecule has 0 saturated carbocycles. The third kappa shape index (κ3) is 4.69. The van der Waals surface area contributed by atoms with Crippen molar-refractivity contribution in [1.82, 2.24) is 0 Å². The molecule has 4 nitrogen and oxygen atoms in total. The summed E-state index contributed by atoms with van der Waals surface area (Å²) in [4.78, 5) is 22.7. The summed E-state index contributed by atoms with van der Waals surface area (Å²) in [7, 11) is 0. The second-order valence-corrected chi connectivity index (χ2v) is 5.99. The monoisotopic (exact) mass is 324 g/mol. The minimum atomic E-state index is -0.402. The molecule has 1 atom stereocenters. The molecule has 0 amide bonds. The minimum absolute atomic E-state index is 0.0269. The van der Waals surface area contributed by atoms with Gasteiger partial charge in [-0.2, -0.15) is 0 Å². The number of carbonyl (C=O) groups excluding carboxylic acids is 2. The number of rotatable bonds is 6. The van der Waals surface area contributed by atoms with E-state index in [9.17, 15) is 9.59 Å². The summed E-state index contributed by atoms with van der Waals surface area (Å²) in [6.07, 6.45) is 1.41. The van der Waals surface area contributed by atoms with Crippen LogP contribution in [0.2, 0.25) is 0 Å².